The first-order valence-electron chi connectivity index (χ1n) is 15.2. The Bertz CT molecular complexity index is 1530. The lowest BCUT2D eigenvalue weighted by atomic mass is 9.93. The Morgan fingerprint density at radius 1 is 0.395 bits per heavy atom. The number of hydrogen-bond donors (Lipinski definition) is 0. The van der Waals surface area contributed by atoms with Crippen molar-refractivity contribution < 1.29 is 4.57 Å². The molecule has 43 heavy (non-hydrogen) atoms. The number of benzene rings is 6. The predicted octanol–water partition coefficient (Wildman–Crippen LogP) is 10.9. The maximum atomic E-state index is 13.5. The smallest absolute Gasteiger partial charge is 0.143 e. The van der Waals surface area contributed by atoms with Gasteiger partial charge in [-0.05, 0) is 58.0 Å². The SMILES string of the molecule is CCCCCP(=O)(c1ccccc1)c1ccccc1.c1ccc(-c2cc(-c3ccccc3)cc(-c3ccccc3)c2)cc1. The lowest BCUT2D eigenvalue weighted by Crippen LogP contribution is -2.18. The normalized spacial score (nSPS) is 10.9. The summed E-state index contributed by atoms with van der Waals surface area (Å²) in [6, 6.07) is 58.4. The minimum absolute atomic E-state index is 0.773. The minimum Gasteiger partial charge on any atom is -0.314 e. The molecule has 0 amide bonds. The maximum Gasteiger partial charge on any atom is 0.143 e. The van der Waals surface area contributed by atoms with Gasteiger partial charge in [-0.3, -0.25) is 0 Å². The molecule has 6 rings (SSSR count). The second-order valence-electron chi connectivity index (χ2n) is 10.7. The summed E-state index contributed by atoms with van der Waals surface area (Å²) in [6.07, 6.45) is 4.10. The molecule has 2 heteroatoms. The van der Waals surface area contributed by atoms with Gasteiger partial charge in [-0.1, -0.05) is 171 Å². The van der Waals surface area contributed by atoms with Gasteiger partial charge in [-0.25, -0.2) is 0 Å². The van der Waals surface area contributed by atoms with Crippen molar-refractivity contribution >= 4 is 17.8 Å². The van der Waals surface area contributed by atoms with E-state index in [2.05, 4.69) is 116 Å². The summed E-state index contributed by atoms with van der Waals surface area (Å²) >= 11 is 0. The van der Waals surface area contributed by atoms with Crippen molar-refractivity contribution in [1.29, 1.82) is 0 Å². The standard InChI is InChI=1S/C24H18.C17H21OP/c1-4-10-19(11-5-1)22-16-23(20-12-6-2-7-13-20)18-24(17-22)21-14-8-3-9-15-21;1-2-3-10-15-19(18,16-11-6-4-7-12-16)17-13-8-5-9-14-17/h1-18H;4-9,11-14H,2-3,10,15H2,1H3. The van der Waals surface area contributed by atoms with E-state index in [1.54, 1.807) is 0 Å². The lowest BCUT2D eigenvalue weighted by molar-refractivity contribution is 0.584. The zero-order chi connectivity index (χ0) is 29.7. The lowest BCUT2D eigenvalue weighted by Gasteiger charge is -2.19. The van der Waals surface area contributed by atoms with E-state index in [4.69, 9.17) is 0 Å². The van der Waals surface area contributed by atoms with Crippen LogP contribution in [0.4, 0.5) is 0 Å². The number of unbranched alkanes of at least 4 members (excludes halogenated alkanes) is 2. The first-order valence-corrected chi connectivity index (χ1v) is 17.1. The molecule has 0 radical (unpaired) electrons. The van der Waals surface area contributed by atoms with E-state index in [0.717, 1.165) is 36.0 Å². The Morgan fingerprint density at radius 3 is 1.00 bits per heavy atom. The highest BCUT2D eigenvalue weighted by molar-refractivity contribution is 7.78. The van der Waals surface area contributed by atoms with Crippen LogP contribution in [-0.4, -0.2) is 6.16 Å². The molecule has 0 aliphatic rings. The van der Waals surface area contributed by atoms with Gasteiger partial charge >= 0.3 is 0 Å². The van der Waals surface area contributed by atoms with Gasteiger partial charge in [-0.15, -0.1) is 0 Å². The molecule has 1 nitrogen and oxygen atoms in total. The molecule has 6 aromatic rings. The summed E-state index contributed by atoms with van der Waals surface area (Å²) < 4.78 is 13.5. The maximum absolute atomic E-state index is 13.5. The van der Waals surface area contributed by atoms with Crippen LogP contribution in [-0.2, 0) is 4.57 Å². The molecule has 0 unspecified atom stereocenters. The van der Waals surface area contributed by atoms with Crippen LogP contribution in [0.3, 0.4) is 0 Å². The van der Waals surface area contributed by atoms with Crippen molar-refractivity contribution in [3.8, 4) is 33.4 Å². The van der Waals surface area contributed by atoms with Crippen molar-refractivity contribution in [2.75, 3.05) is 6.16 Å². The molecule has 0 aromatic heterocycles. The van der Waals surface area contributed by atoms with Gasteiger partial charge in [0.05, 0.1) is 0 Å². The van der Waals surface area contributed by atoms with Crippen LogP contribution in [0.2, 0.25) is 0 Å². The fourth-order valence-corrected chi connectivity index (χ4v) is 8.14. The van der Waals surface area contributed by atoms with E-state index >= 15 is 0 Å². The molecule has 0 saturated heterocycles. The number of rotatable bonds is 9. The summed E-state index contributed by atoms with van der Waals surface area (Å²) in [4.78, 5) is 0. The van der Waals surface area contributed by atoms with Crippen molar-refractivity contribution in [3.05, 3.63) is 170 Å². The fourth-order valence-electron chi connectivity index (χ4n) is 5.35. The Kier molecular flexibility index (Phi) is 10.6. The van der Waals surface area contributed by atoms with Crippen molar-refractivity contribution in [1.82, 2.24) is 0 Å². The molecule has 6 aromatic carbocycles. The van der Waals surface area contributed by atoms with E-state index in [9.17, 15) is 4.57 Å². The Hall–Kier alpha value is -4.45. The molecule has 0 spiro atoms. The molecule has 0 fully saturated rings. The highest BCUT2D eigenvalue weighted by Crippen LogP contribution is 2.44. The summed E-state index contributed by atoms with van der Waals surface area (Å²) in [5.74, 6) is 0. The van der Waals surface area contributed by atoms with Gasteiger partial charge in [0, 0.05) is 16.8 Å². The Morgan fingerprint density at radius 2 is 0.698 bits per heavy atom. The van der Waals surface area contributed by atoms with Crippen LogP contribution in [0.1, 0.15) is 26.2 Å². The second-order valence-corrected chi connectivity index (χ2v) is 13.7. The molecular formula is C41H39OP. The third-order valence-electron chi connectivity index (χ3n) is 7.68. The topological polar surface area (TPSA) is 17.1 Å². The van der Waals surface area contributed by atoms with E-state index < -0.39 is 7.14 Å². The number of hydrogen-bond acceptors (Lipinski definition) is 1. The van der Waals surface area contributed by atoms with Crippen molar-refractivity contribution in [2.45, 2.75) is 26.2 Å². The third kappa shape index (κ3) is 7.89. The molecule has 0 aliphatic carbocycles. The molecule has 0 aliphatic heterocycles. The van der Waals surface area contributed by atoms with Crippen LogP contribution < -0.4 is 10.6 Å². The average molecular weight is 579 g/mol. The largest absolute Gasteiger partial charge is 0.314 e. The van der Waals surface area contributed by atoms with Gasteiger partial charge in [0.15, 0.2) is 0 Å². The summed E-state index contributed by atoms with van der Waals surface area (Å²) in [5, 5.41) is 1.97. The highest BCUT2D eigenvalue weighted by atomic mass is 31.2. The second kappa shape index (κ2) is 15.1. The Labute approximate surface area is 257 Å². The van der Waals surface area contributed by atoms with Crippen molar-refractivity contribution in [3.63, 3.8) is 0 Å². The monoisotopic (exact) mass is 578 g/mol. The zero-order valence-corrected chi connectivity index (χ0v) is 25.7. The van der Waals surface area contributed by atoms with Crippen LogP contribution >= 0.6 is 7.14 Å². The molecular weight excluding hydrogens is 539 g/mol. The van der Waals surface area contributed by atoms with E-state index in [-0.39, 0.29) is 0 Å². The molecule has 0 saturated carbocycles. The molecule has 0 heterocycles. The zero-order valence-electron chi connectivity index (χ0n) is 24.8. The molecule has 0 bridgehead atoms. The van der Waals surface area contributed by atoms with E-state index in [1.807, 2.05) is 60.7 Å². The van der Waals surface area contributed by atoms with Crippen LogP contribution in [0.5, 0.6) is 0 Å². The fraction of sp³-hybridized carbons (Fsp3) is 0.122. The van der Waals surface area contributed by atoms with Crippen LogP contribution in [0.15, 0.2) is 170 Å². The Balaban J connectivity index is 0.000000177. The van der Waals surface area contributed by atoms with Gasteiger partial charge in [0.25, 0.3) is 0 Å². The van der Waals surface area contributed by atoms with E-state index in [0.29, 0.717) is 0 Å². The molecule has 0 atom stereocenters. The van der Waals surface area contributed by atoms with E-state index in [1.165, 1.54) is 33.4 Å². The van der Waals surface area contributed by atoms with Crippen LogP contribution in [0.25, 0.3) is 33.4 Å². The quantitative estimate of drug-likeness (QED) is 0.123. The van der Waals surface area contributed by atoms with Crippen LogP contribution in [0, 0.1) is 0 Å². The van der Waals surface area contributed by atoms with Crippen molar-refractivity contribution in [2.24, 2.45) is 0 Å². The summed E-state index contributed by atoms with van der Waals surface area (Å²) in [6.45, 7) is 2.18. The van der Waals surface area contributed by atoms with Gasteiger partial charge in [0.1, 0.15) is 7.14 Å². The third-order valence-corrected chi connectivity index (χ3v) is 10.9. The summed E-state index contributed by atoms with van der Waals surface area (Å²) in [5.41, 5.74) is 7.47. The molecule has 0 N–H and O–H groups in total. The van der Waals surface area contributed by atoms with Gasteiger partial charge in [-0.2, -0.15) is 0 Å². The molecule has 214 valence electrons. The first kappa shape index (κ1) is 30.0. The predicted molar refractivity (Wildman–Crippen MR) is 187 cm³/mol. The highest BCUT2D eigenvalue weighted by Gasteiger charge is 2.26. The van der Waals surface area contributed by atoms with Gasteiger partial charge < -0.3 is 4.57 Å². The average Bonchev–Trinajstić information content (AvgIpc) is 3.10. The van der Waals surface area contributed by atoms with Gasteiger partial charge in [0.2, 0.25) is 0 Å². The first-order chi connectivity index (χ1) is 21.2. The summed E-state index contributed by atoms with van der Waals surface area (Å²) in [7, 11) is -2.45. The minimum atomic E-state index is -2.45.